The molecular weight excluding hydrogens is 447 g/mol. The summed E-state index contributed by atoms with van der Waals surface area (Å²) >= 11 is 0. The molecule has 0 saturated heterocycles. The number of halogens is 3. The van der Waals surface area contributed by atoms with Crippen molar-refractivity contribution in [1.29, 1.82) is 0 Å². The Morgan fingerprint density at radius 1 is 1.25 bits per heavy atom. The minimum atomic E-state index is -5.44. The number of nitrogens with one attached hydrogen (secondary N) is 2. The summed E-state index contributed by atoms with van der Waals surface area (Å²) in [5, 5.41) is 24.3. The molecule has 0 aliphatic carbocycles. The smallest absolute Gasteiger partial charge is 0.481 e. The van der Waals surface area contributed by atoms with Crippen molar-refractivity contribution in [3.05, 3.63) is 11.8 Å². The molecule has 1 heterocycles. The van der Waals surface area contributed by atoms with Crippen molar-refractivity contribution in [2.45, 2.75) is 63.4 Å². The second-order valence-electron chi connectivity index (χ2n) is 6.76. The Bertz CT molecular complexity index is 755. The number of amides is 2. The zero-order valence-corrected chi connectivity index (χ0v) is 17.1. The van der Waals surface area contributed by atoms with E-state index in [0.29, 0.717) is 6.42 Å². The van der Waals surface area contributed by atoms with Crippen LogP contribution in [0.2, 0.25) is 0 Å². The normalized spacial score (nSPS) is 21.0. The van der Waals surface area contributed by atoms with Crippen LogP contribution in [0.3, 0.4) is 0 Å². The fraction of sp³-hybridized carbons (Fsp3) is 0.647. The van der Waals surface area contributed by atoms with Gasteiger partial charge >= 0.3 is 30.2 Å². The van der Waals surface area contributed by atoms with Crippen molar-refractivity contribution in [3.8, 4) is 0 Å². The van der Waals surface area contributed by atoms with Crippen LogP contribution >= 0.6 is 0 Å². The molecule has 6 N–H and O–H groups in total. The number of alkyl halides is 3. The van der Waals surface area contributed by atoms with Crippen LogP contribution in [-0.4, -0.2) is 71.0 Å². The van der Waals surface area contributed by atoms with Gasteiger partial charge < -0.3 is 40.8 Å². The second-order valence-corrected chi connectivity index (χ2v) is 6.76. The highest BCUT2D eigenvalue weighted by Crippen LogP contribution is 2.26. The number of hydrogen-bond acceptors (Lipinski definition) is 10. The molecule has 1 aliphatic heterocycles. The number of aliphatic hydroxyl groups is 2. The van der Waals surface area contributed by atoms with Crippen LogP contribution in [0.1, 0.15) is 33.1 Å². The minimum absolute atomic E-state index is 0.201. The highest BCUT2D eigenvalue weighted by Gasteiger charge is 2.44. The number of ether oxygens (including phenoxy) is 3. The van der Waals surface area contributed by atoms with Gasteiger partial charge in [0, 0.05) is 19.9 Å². The fourth-order valence-electron chi connectivity index (χ4n) is 2.57. The number of nitrogens with two attached hydrogens (primary N) is 1. The molecule has 0 fully saturated rings. The highest BCUT2D eigenvalue weighted by molar-refractivity contribution is 5.96. The predicted octanol–water partition coefficient (Wildman–Crippen LogP) is -0.712. The lowest BCUT2D eigenvalue weighted by molar-refractivity contribution is -0.312. The number of hydrogen-bond donors (Lipinski definition) is 5. The molecule has 15 heteroatoms. The molecule has 1 rings (SSSR count). The number of alkyl carbamates (subject to hydrolysis) is 1. The van der Waals surface area contributed by atoms with Crippen LogP contribution in [0.4, 0.5) is 18.0 Å². The van der Waals surface area contributed by atoms with Gasteiger partial charge in [-0.3, -0.25) is 4.79 Å². The topological polar surface area (TPSA) is 187 Å². The SMILES string of the molecule is CCCNC(=O)OC(O)(O)CC[C@H]1OC(C(=O)OC(=O)C(F)(F)F)=C[C@H](N)[C@H]1NC(C)=O. The maximum Gasteiger partial charge on any atom is 0.491 e. The van der Waals surface area contributed by atoms with Crippen LogP contribution in [0.25, 0.3) is 0 Å². The van der Waals surface area contributed by atoms with E-state index in [1.54, 1.807) is 6.92 Å². The lowest BCUT2D eigenvalue weighted by Crippen LogP contribution is -2.57. The summed E-state index contributed by atoms with van der Waals surface area (Å²) in [6, 6.07) is -2.26. The zero-order chi connectivity index (χ0) is 24.7. The van der Waals surface area contributed by atoms with Crippen LogP contribution in [-0.2, 0) is 28.6 Å². The van der Waals surface area contributed by atoms with Gasteiger partial charge in [-0.15, -0.1) is 0 Å². The van der Waals surface area contributed by atoms with Crippen LogP contribution < -0.4 is 16.4 Å². The Morgan fingerprint density at radius 2 is 1.88 bits per heavy atom. The Balaban J connectivity index is 2.92. The van der Waals surface area contributed by atoms with Gasteiger partial charge in [0.05, 0.1) is 12.1 Å². The largest absolute Gasteiger partial charge is 0.491 e. The summed E-state index contributed by atoms with van der Waals surface area (Å²) in [6.45, 7) is 3.07. The van der Waals surface area contributed by atoms with Crippen molar-refractivity contribution in [3.63, 3.8) is 0 Å². The van der Waals surface area contributed by atoms with Gasteiger partial charge in [-0.2, -0.15) is 13.2 Å². The van der Waals surface area contributed by atoms with E-state index >= 15 is 0 Å². The Labute approximate surface area is 179 Å². The second kappa shape index (κ2) is 11.1. The van der Waals surface area contributed by atoms with Crippen molar-refractivity contribution in [2.75, 3.05) is 6.54 Å². The van der Waals surface area contributed by atoms with Crippen LogP contribution in [0, 0.1) is 0 Å². The van der Waals surface area contributed by atoms with E-state index in [4.69, 9.17) is 10.5 Å². The standard InChI is InChI=1S/C17H24F3N3O9/c1-3-6-22-15(27)32-16(28,29)5-4-10-12(23-8(2)24)9(21)7-11(30-10)13(25)31-14(26)17(18,19)20/h7,9-10,12,28-29H,3-6,21H2,1-2H3,(H,22,27)(H,23,24)/t9-,10+,12+/m0/s1. The quantitative estimate of drug-likeness (QED) is 0.172. The molecule has 182 valence electrons. The first-order valence-electron chi connectivity index (χ1n) is 9.32. The lowest BCUT2D eigenvalue weighted by Gasteiger charge is -2.36. The summed E-state index contributed by atoms with van der Waals surface area (Å²) in [7, 11) is 0. The monoisotopic (exact) mass is 471 g/mol. The van der Waals surface area contributed by atoms with Gasteiger partial charge in [0.2, 0.25) is 11.7 Å². The molecule has 0 unspecified atom stereocenters. The van der Waals surface area contributed by atoms with E-state index < -0.39 is 72.9 Å². The minimum Gasteiger partial charge on any atom is -0.481 e. The van der Waals surface area contributed by atoms with E-state index in [9.17, 15) is 42.6 Å². The van der Waals surface area contributed by atoms with Crippen molar-refractivity contribution in [1.82, 2.24) is 10.6 Å². The molecule has 0 spiro atoms. The lowest BCUT2D eigenvalue weighted by atomic mass is 9.95. The molecule has 0 bridgehead atoms. The average molecular weight is 471 g/mol. The van der Waals surface area contributed by atoms with Gasteiger partial charge in [-0.25, -0.2) is 14.4 Å². The van der Waals surface area contributed by atoms with E-state index in [-0.39, 0.29) is 6.54 Å². The van der Waals surface area contributed by atoms with Gasteiger partial charge in [-0.05, 0) is 18.9 Å². The molecular formula is C17H24F3N3O9. The molecule has 0 saturated carbocycles. The summed E-state index contributed by atoms with van der Waals surface area (Å²) < 4.78 is 50.3. The van der Waals surface area contributed by atoms with Crippen molar-refractivity contribution < 1.29 is 56.8 Å². The van der Waals surface area contributed by atoms with Crippen molar-refractivity contribution in [2.24, 2.45) is 5.73 Å². The van der Waals surface area contributed by atoms with Crippen LogP contribution in [0.15, 0.2) is 11.8 Å². The van der Waals surface area contributed by atoms with Crippen LogP contribution in [0.5, 0.6) is 0 Å². The molecule has 12 nitrogen and oxygen atoms in total. The third kappa shape index (κ3) is 8.68. The Morgan fingerprint density at radius 3 is 2.41 bits per heavy atom. The van der Waals surface area contributed by atoms with Gasteiger partial charge in [-0.1, -0.05) is 6.92 Å². The average Bonchev–Trinajstić information content (AvgIpc) is 2.65. The number of esters is 2. The third-order valence-electron chi connectivity index (χ3n) is 3.96. The van der Waals surface area contributed by atoms with Gasteiger partial charge in [0.15, 0.2) is 0 Å². The molecule has 3 atom stereocenters. The molecule has 0 radical (unpaired) electrons. The maximum absolute atomic E-state index is 12.3. The number of rotatable bonds is 8. The Hall–Kier alpha value is -2.91. The molecule has 0 aromatic carbocycles. The third-order valence-corrected chi connectivity index (χ3v) is 3.96. The summed E-state index contributed by atoms with van der Waals surface area (Å²) in [5.41, 5.74) is 5.83. The molecule has 32 heavy (non-hydrogen) atoms. The zero-order valence-electron chi connectivity index (χ0n) is 17.1. The molecule has 0 aromatic heterocycles. The summed E-state index contributed by atoms with van der Waals surface area (Å²) in [6.07, 6.45) is -7.60. The molecule has 0 aromatic rings. The number of carbonyl (C=O) groups excluding carboxylic acids is 4. The first kappa shape index (κ1) is 27.1. The highest BCUT2D eigenvalue weighted by atomic mass is 19.4. The van der Waals surface area contributed by atoms with E-state index in [2.05, 4.69) is 20.1 Å². The summed E-state index contributed by atoms with van der Waals surface area (Å²) in [5.74, 6) is -8.99. The van der Waals surface area contributed by atoms with E-state index in [1.165, 1.54) is 0 Å². The molecule has 2 amide bonds. The van der Waals surface area contributed by atoms with Gasteiger partial charge in [0.1, 0.15) is 6.10 Å². The number of carbonyl (C=O) groups is 4. The first-order valence-corrected chi connectivity index (χ1v) is 9.32. The first-order chi connectivity index (χ1) is 14.7. The molecule has 1 aliphatic rings. The van der Waals surface area contributed by atoms with E-state index in [1.807, 2.05) is 0 Å². The summed E-state index contributed by atoms with van der Waals surface area (Å²) in [4.78, 5) is 45.7. The van der Waals surface area contributed by atoms with Crippen molar-refractivity contribution >= 4 is 23.9 Å². The van der Waals surface area contributed by atoms with Gasteiger partial charge in [0.25, 0.3) is 0 Å². The Kier molecular flexibility index (Phi) is 9.41. The maximum atomic E-state index is 12.3. The van der Waals surface area contributed by atoms with E-state index in [0.717, 1.165) is 13.0 Å². The fourth-order valence-corrected chi connectivity index (χ4v) is 2.57. The predicted molar refractivity (Wildman–Crippen MR) is 96.9 cm³/mol.